The van der Waals surface area contributed by atoms with Crippen LogP contribution in [0.1, 0.15) is 18.9 Å². The molecule has 1 fully saturated rings. The van der Waals surface area contributed by atoms with E-state index in [1.54, 1.807) is 0 Å². The number of aliphatic hydroxyl groups excluding tert-OH is 1. The average Bonchev–Trinajstić information content (AvgIpc) is 2.79. The minimum absolute atomic E-state index is 0.179. The number of carbonyl (C=O) groups excluding carboxylic acids is 2. The molecule has 5 heteroatoms. The highest BCUT2D eigenvalue weighted by Gasteiger charge is 2.38. The number of nitrogens with zero attached hydrogens (tertiary/aromatic N) is 1. The quantitative estimate of drug-likeness (QED) is 0.816. The summed E-state index contributed by atoms with van der Waals surface area (Å²) in [5, 5.41) is 9.55. The van der Waals surface area contributed by atoms with E-state index in [0.717, 1.165) is 5.56 Å². The van der Waals surface area contributed by atoms with E-state index in [4.69, 9.17) is 4.74 Å². The summed E-state index contributed by atoms with van der Waals surface area (Å²) in [6.45, 7) is 1.76. The van der Waals surface area contributed by atoms with Gasteiger partial charge >= 0.3 is 5.97 Å². The van der Waals surface area contributed by atoms with Crippen LogP contribution < -0.4 is 0 Å². The Hall–Kier alpha value is -1.88. The number of hydrogen-bond acceptors (Lipinski definition) is 4. The molecule has 0 aliphatic carbocycles. The van der Waals surface area contributed by atoms with E-state index in [1.165, 1.54) is 11.8 Å². The molecule has 0 saturated carbocycles. The van der Waals surface area contributed by atoms with E-state index in [9.17, 15) is 14.7 Å². The first-order valence-corrected chi connectivity index (χ1v) is 6.23. The second kappa shape index (κ2) is 5.84. The first-order valence-electron chi connectivity index (χ1n) is 6.23. The highest BCUT2D eigenvalue weighted by molar-refractivity contribution is 5.84. The van der Waals surface area contributed by atoms with E-state index in [0.29, 0.717) is 0 Å². The van der Waals surface area contributed by atoms with Gasteiger partial charge in [-0.25, -0.2) is 4.79 Å². The van der Waals surface area contributed by atoms with Crippen LogP contribution in [-0.4, -0.2) is 40.6 Å². The molecule has 5 nitrogen and oxygen atoms in total. The Morgan fingerprint density at radius 3 is 2.68 bits per heavy atom. The number of esters is 1. The Bertz CT molecular complexity index is 460. The maximum Gasteiger partial charge on any atom is 0.329 e. The zero-order valence-electron chi connectivity index (χ0n) is 10.8. The van der Waals surface area contributed by atoms with Gasteiger partial charge in [-0.1, -0.05) is 30.3 Å². The molecule has 0 bridgehead atoms. The largest absolute Gasteiger partial charge is 0.459 e. The van der Waals surface area contributed by atoms with Gasteiger partial charge in [0, 0.05) is 19.9 Å². The van der Waals surface area contributed by atoms with Crippen LogP contribution in [0.25, 0.3) is 0 Å². The minimum atomic E-state index is -0.670. The van der Waals surface area contributed by atoms with Crippen molar-refractivity contribution in [2.45, 2.75) is 32.1 Å². The van der Waals surface area contributed by atoms with Crippen molar-refractivity contribution in [3.63, 3.8) is 0 Å². The molecule has 1 saturated heterocycles. The first kappa shape index (κ1) is 13.5. The van der Waals surface area contributed by atoms with Crippen molar-refractivity contribution < 1.29 is 19.4 Å². The van der Waals surface area contributed by atoms with Crippen molar-refractivity contribution >= 4 is 11.9 Å². The molecule has 1 aliphatic heterocycles. The van der Waals surface area contributed by atoms with E-state index in [1.807, 2.05) is 30.3 Å². The molecule has 1 aromatic carbocycles. The molecular weight excluding hydrogens is 246 g/mol. The molecule has 0 aromatic heterocycles. The van der Waals surface area contributed by atoms with Gasteiger partial charge in [-0.2, -0.15) is 0 Å². The predicted molar refractivity (Wildman–Crippen MR) is 68.0 cm³/mol. The number of likely N-dealkylation sites (tertiary alicyclic amines) is 1. The number of rotatable bonds is 3. The lowest BCUT2D eigenvalue weighted by Gasteiger charge is -2.21. The van der Waals surface area contributed by atoms with Crippen LogP contribution in [0.4, 0.5) is 0 Å². The maximum atomic E-state index is 12.0. The maximum absolute atomic E-state index is 12.0. The molecule has 102 valence electrons. The molecular formula is C14H17NO4. The van der Waals surface area contributed by atoms with Crippen molar-refractivity contribution in [2.75, 3.05) is 6.54 Å². The van der Waals surface area contributed by atoms with Crippen molar-refractivity contribution in [3.05, 3.63) is 35.9 Å². The first-order chi connectivity index (χ1) is 9.08. The molecule has 1 amide bonds. The molecule has 1 N–H and O–H groups in total. The standard InChI is InChI=1S/C14H17NO4/c1-10(16)15-8-12(17)7-13(15)14(18)19-9-11-5-3-2-4-6-11/h2-6,12-13,17H,7-9H2,1H3/t12?,13-/m0/s1. The predicted octanol–water partition coefficient (Wildman–Crippen LogP) is 0.711. The van der Waals surface area contributed by atoms with Gasteiger partial charge in [0.15, 0.2) is 0 Å². The Morgan fingerprint density at radius 1 is 1.37 bits per heavy atom. The molecule has 1 aromatic rings. The Morgan fingerprint density at radius 2 is 2.05 bits per heavy atom. The second-order valence-corrected chi connectivity index (χ2v) is 4.67. The zero-order valence-corrected chi connectivity index (χ0v) is 10.8. The van der Waals surface area contributed by atoms with Crippen LogP contribution in [0.15, 0.2) is 30.3 Å². The summed E-state index contributed by atoms with van der Waals surface area (Å²) in [4.78, 5) is 24.7. The average molecular weight is 263 g/mol. The Kier molecular flexibility index (Phi) is 4.16. The number of hydrogen-bond donors (Lipinski definition) is 1. The van der Waals surface area contributed by atoms with Gasteiger partial charge in [-0.15, -0.1) is 0 Å². The summed E-state index contributed by atoms with van der Waals surface area (Å²) >= 11 is 0. The molecule has 19 heavy (non-hydrogen) atoms. The summed E-state index contributed by atoms with van der Waals surface area (Å²) in [6.07, 6.45) is -0.411. The van der Waals surface area contributed by atoms with E-state index in [-0.39, 0.29) is 25.5 Å². The van der Waals surface area contributed by atoms with Gasteiger partial charge in [0.25, 0.3) is 0 Å². The van der Waals surface area contributed by atoms with Crippen LogP contribution in [0.5, 0.6) is 0 Å². The van der Waals surface area contributed by atoms with Crippen molar-refractivity contribution in [3.8, 4) is 0 Å². The summed E-state index contributed by atoms with van der Waals surface area (Å²) in [7, 11) is 0. The Labute approximate surface area is 111 Å². The topological polar surface area (TPSA) is 66.8 Å². The fraction of sp³-hybridized carbons (Fsp3) is 0.429. The summed E-state index contributed by atoms with van der Waals surface area (Å²) in [5.41, 5.74) is 0.892. The lowest BCUT2D eigenvalue weighted by Crippen LogP contribution is -2.40. The van der Waals surface area contributed by atoms with Gasteiger partial charge < -0.3 is 14.7 Å². The molecule has 0 radical (unpaired) electrons. The molecule has 1 heterocycles. The highest BCUT2D eigenvalue weighted by atomic mass is 16.5. The van der Waals surface area contributed by atoms with Gasteiger partial charge in [-0.3, -0.25) is 4.79 Å². The Balaban J connectivity index is 1.94. The third kappa shape index (κ3) is 3.32. The van der Waals surface area contributed by atoms with E-state index < -0.39 is 18.1 Å². The summed E-state index contributed by atoms with van der Waals surface area (Å²) in [5.74, 6) is -0.686. The summed E-state index contributed by atoms with van der Waals surface area (Å²) < 4.78 is 5.20. The van der Waals surface area contributed by atoms with E-state index >= 15 is 0 Å². The zero-order chi connectivity index (χ0) is 13.8. The lowest BCUT2D eigenvalue weighted by atomic mass is 10.2. The second-order valence-electron chi connectivity index (χ2n) is 4.67. The SMILES string of the molecule is CC(=O)N1CC(O)C[C@H]1C(=O)OCc1ccccc1. The van der Waals surface area contributed by atoms with E-state index in [2.05, 4.69) is 0 Å². The number of benzene rings is 1. The molecule has 2 rings (SSSR count). The number of amides is 1. The number of aliphatic hydroxyl groups is 1. The van der Waals surface area contributed by atoms with Crippen LogP contribution in [0.2, 0.25) is 0 Å². The number of ether oxygens (including phenoxy) is 1. The fourth-order valence-electron chi connectivity index (χ4n) is 2.21. The minimum Gasteiger partial charge on any atom is -0.459 e. The highest BCUT2D eigenvalue weighted by Crippen LogP contribution is 2.19. The smallest absolute Gasteiger partial charge is 0.329 e. The molecule has 0 spiro atoms. The third-order valence-electron chi connectivity index (χ3n) is 3.18. The van der Waals surface area contributed by atoms with Gasteiger partial charge in [0.05, 0.1) is 6.10 Å². The molecule has 1 unspecified atom stereocenters. The number of β-amino-alcohol motifs (C(OH)–C–C–N with tert-alkyl or cyclic N) is 1. The van der Waals surface area contributed by atoms with Crippen molar-refractivity contribution in [2.24, 2.45) is 0 Å². The van der Waals surface area contributed by atoms with Crippen molar-refractivity contribution in [1.29, 1.82) is 0 Å². The van der Waals surface area contributed by atoms with Gasteiger partial charge in [-0.05, 0) is 5.56 Å². The molecule has 2 atom stereocenters. The van der Waals surface area contributed by atoms with Crippen LogP contribution in [0.3, 0.4) is 0 Å². The summed E-state index contributed by atoms with van der Waals surface area (Å²) in [6, 6.07) is 8.67. The van der Waals surface area contributed by atoms with Crippen LogP contribution in [-0.2, 0) is 20.9 Å². The lowest BCUT2D eigenvalue weighted by molar-refractivity contribution is -0.154. The van der Waals surface area contributed by atoms with Gasteiger partial charge in [0.2, 0.25) is 5.91 Å². The normalized spacial score (nSPS) is 22.3. The third-order valence-corrected chi connectivity index (χ3v) is 3.18. The fourth-order valence-corrected chi connectivity index (χ4v) is 2.21. The monoisotopic (exact) mass is 263 g/mol. The van der Waals surface area contributed by atoms with Gasteiger partial charge in [0.1, 0.15) is 12.6 Å². The van der Waals surface area contributed by atoms with Crippen LogP contribution in [0, 0.1) is 0 Å². The molecule has 1 aliphatic rings. The van der Waals surface area contributed by atoms with Crippen molar-refractivity contribution in [1.82, 2.24) is 4.90 Å². The van der Waals surface area contributed by atoms with Crippen LogP contribution >= 0.6 is 0 Å². The number of carbonyl (C=O) groups is 2.